The highest BCUT2D eigenvalue weighted by molar-refractivity contribution is 5.66. The van der Waals surface area contributed by atoms with E-state index in [0.29, 0.717) is 18.3 Å². The van der Waals surface area contributed by atoms with Crippen LogP contribution in [0.25, 0.3) is 0 Å². The third-order valence-electron chi connectivity index (χ3n) is 5.92. The number of rotatable bonds is 9. The lowest BCUT2D eigenvalue weighted by molar-refractivity contribution is -0.137. The summed E-state index contributed by atoms with van der Waals surface area (Å²) in [4.78, 5) is 16.3. The molecule has 0 amide bonds. The third kappa shape index (κ3) is 4.64. The van der Waals surface area contributed by atoms with Crippen molar-refractivity contribution in [3.63, 3.8) is 0 Å². The molecule has 0 spiro atoms. The van der Waals surface area contributed by atoms with Gasteiger partial charge in [0, 0.05) is 63.5 Å². The van der Waals surface area contributed by atoms with Gasteiger partial charge in [0.1, 0.15) is 0 Å². The van der Waals surface area contributed by atoms with Crippen molar-refractivity contribution in [1.82, 2.24) is 14.4 Å². The molecule has 1 N–H and O–H groups in total. The Morgan fingerprint density at radius 1 is 1.16 bits per heavy atom. The molecular formula is C20H33N3O2. The van der Waals surface area contributed by atoms with E-state index in [0.717, 1.165) is 58.7 Å². The fraction of sp³-hybridized carbons (Fsp3) is 0.750. The lowest BCUT2D eigenvalue weighted by Crippen LogP contribution is -2.36. The topological polar surface area (TPSA) is 48.7 Å². The lowest BCUT2D eigenvalue weighted by Gasteiger charge is -2.29. The van der Waals surface area contributed by atoms with E-state index in [1.54, 1.807) is 0 Å². The molecule has 1 aromatic heterocycles. The predicted molar refractivity (Wildman–Crippen MR) is 99.6 cm³/mol. The van der Waals surface area contributed by atoms with Gasteiger partial charge in [-0.15, -0.1) is 0 Å². The zero-order valence-electron chi connectivity index (χ0n) is 15.7. The number of hydrogen-bond acceptors (Lipinski definition) is 3. The molecule has 2 unspecified atom stereocenters. The predicted octanol–water partition coefficient (Wildman–Crippen LogP) is 2.63. The fourth-order valence-corrected chi connectivity index (χ4v) is 4.94. The molecule has 0 saturated carbocycles. The molecule has 0 radical (unpaired) electrons. The van der Waals surface area contributed by atoms with Gasteiger partial charge in [0.2, 0.25) is 0 Å². The van der Waals surface area contributed by atoms with Gasteiger partial charge in [-0.25, -0.2) is 0 Å². The molecule has 0 aliphatic carbocycles. The Labute approximate surface area is 151 Å². The van der Waals surface area contributed by atoms with Crippen molar-refractivity contribution in [3.05, 3.63) is 24.5 Å². The fourth-order valence-electron chi connectivity index (χ4n) is 4.94. The molecule has 5 heteroatoms. The second-order valence-electron chi connectivity index (χ2n) is 8.55. The minimum Gasteiger partial charge on any atom is -0.481 e. The van der Waals surface area contributed by atoms with Gasteiger partial charge < -0.3 is 19.5 Å². The van der Waals surface area contributed by atoms with Gasteiger partial charge in [0.15, 0.2) is 0 Å². The van der Waals surface area contributed by atoms with Crippen LogP contribution in [-0.2, 0) is 11.3 Å². The van der Waals surface area contributed by atoms with Gasteiger partial charge in [-0.1, -0.05) is 13.8 Å². The molecule has 2 atom stereocenters. The van der Waals surface area contributed by atoms with Crippen LogP contribution in [0, 0.1) is 17.3 Å². The molecule has 2 aliphatic heterocycles. The number of carboxylic acid groups (broad SMARTS) is 1. The van der Waals surface area contributed by atoms with Crippen LogP contribution < -0.4 is 0 Å². The van der Waals surface area contributed by atoms with Crippen molar-refractivity contribution >= 4 is 5.97 Å². The van der Waals surface area contributed by atoms with Crippen LogP contribution in [0.15, 0.2) is 24.5 Å². The standard InChI is InChI=1S/C20H33N3O2/c1-17(2)12-23-14-18-13-22(11-5-10-21-8-3-4-9-21)15-20(18,16-23)7-6-19(24)25/h3-4,8-9,17-18H,5-7,10-16H2,1-2H3,(H,24,25). The number of aliphatic carboxylic acids is 1. The van der Waals surface area contributed by atoms with Crippen LogP contribution >= 0.6 is 0 Å². The molecule has 140 valence electrons. The Morgan fingerprint density at radius 3 is 2.52 bits per heavy atom. The van der Waals surface area contributed by atoms with Crippen LogP contribution in [0.2, 0.25) is 0 Å². The highest BCUT2D eigenvalue weighted by Crippen LogP contribution is 2.46. The van der Waals surface area contributed by atoms with E-state index in [-0.39, 0.29) is 5.41 Å². The second kappa shape index (κ2) is 7.92. The van der Waals surface area contributed by atoms with Gasteiger partial charge in [-0.2, -0.15) is 0 Å². The highest BCUT2D eigenvalue weighted by Gasteiger charge is 2.51. The van der Waals surface area contributed by atoms with Gasteiger partial charge >= 0.3 is 5.97 Å². The van der Waals surface area contributed by atoms with Crippen molar-refractivity contribution in [2.75, 3.05) is 39.3 Å². The van der Waals surface area contributed by atoms with Crippen LogP contribution in [-0.4, -0.2) is 64.7 Å². The normalized spacial score (nSPS) is 27.2. The van der Waals surface area contributed by atoms with E-state index >= 15 is 0 Å². The molecule has 3 heterocycles. The van der Waals surface area contributed by atoms with E-state index in [9.17, 15) is 9.90 Å². The van der Waals surface area contributed by atoms with E-state index in [4.69, 9.17) is 0 Å². The van der Waals surface area contributed by atoms with Crippen molar-refractivity contribution in [2.24, 2.45) is 17.3 Å². The van der Waals surface area contributed by atoms with Crippen LogP contribution in [0.1, 0.15) is 33.1 Å². The van der Waals surface area contributed by atoms with Gasteiger partial charge in [0.05, 0.1) is 0 Å². The average Bonchev–Trinajstić information content (AvgIpc) is 3.20. The minimum atomic E-state index is -0.651. The number of nitrogens with zero attached hydrogens (tertiary/aromatic N) is 3. The monoisotopic (exact) mass is 347 g/mol. The highest BCUT2D eigenvalue weighted by atomic mass is 16.4. The number of aromatic nitrogens is 1. The summed E-state index contributed by atoms with van der Waals surface area (Å²) in [5, 5.41) is 9.18. The smallest absolute Gasteiger partial charge is 0.303 e. The van der Waals surface area contributed by atoms with Gasteiger partial charge in [-0.05, 0) is 43.4 Å². The Kier molecular flexibility index (Phi) is 5.85. The second-order valence-corrected chi connectivity index (χ2v) is 8.55. The average molecular weight is 348 g/mol. The third-order valence-corrected chi connectivity index (χ3v) is 5.92. The number of likely N-dealkylation sites (tertiary alicyclic amines) is 2. The molecule has 2 aliphatic rings. The van der Waals surface area contributed by atoms with Crippen molar-refractivity contribution in [1.29, 1.82) is 0 Å². The minimum absolute atomic E-state index is 0.195. The maximum Gasteiger partial charge on any atom is 0.303 e. The Hall–Kier alpha value is -1.33. The molecular weight excluding hydrogens is 314 g/mol. The number of carboxylic acids is 1. The summed E-state index contributed by atoms with van der Waals surface area (Å²) >= 11 is 0. The lowest BCUT2D eigenvalue weighted by atomic mass is 9.77. The molecule has 1 aromatic rings. The molecule has 25 heavy (non-hydrogen) atoms. The maximum absolute atomic E-state index is 11.2. The van der Waals surface area contributed by atoms with Crippen molar-refractivity contribution in [2.45, 2.75) is 39.7 Å². The first-order valence-electron chi connectivity index (χ1n) is 9.74. The summed E-state index contributed by atoms with van der Waals surface area (Å²) in [6.07, 6.45) is 6.54. The first-order chi connectivity index (χ1) is 12.0. The summed E-state index contributed by atoms with van der Waals surface area (Å²) in [5.74, 6) is 0.659. The Morgan fingerprint density at radius 2 is 1.84 bits per heavy atom. The largest absolute Gasteiger partial charge is 0.481 e. The molecule has 0 bridgehead atoms. The van der Waals surface area contributed by atoms with E-state index in [1.165, 1.54) is 0 Å². The van der Waals surface area contributed by atoms with E-state index in [1.807, 2.05) is 0 Å². The van der Waals surface area contributed by atoms with E-state index in [2.05, 4.69) is 52.7 Å². The van der Waals surface area contributed by atoms with Gasteiger partial charge in [0.25, 0.3) is 0 Å². The number of fused-ring (bicyclic) bond motifs is 1. The first-order valence-corrected chi connectivity index (χ1v) is 9.74. The number of carbonyl (C=O) groups is 1. The van der Waals surface area contributed by atoms with Gasteiger partial charge in [-0.3, -0.25) is 4.79 Å². The van der Waals surface area contributed by atoms with Crippen molar-refractivity contribution < 1.29 is 9.90 Å². The molecule has 2 saturated heterocycles. The number of aryl methyl sites for hydroxylation is 1. The Bertz CT molecular complexity index is 557. The maximum atomic E-state index is 11.2. The first kappa shape index (κ1) is 18.5. The van der Waals surface area contributed by atoms with Crippen LogP contribution in [0.4, 0.5) is 0 Å². The molecule has 5 nitrogen and oxygen atoms in total. The molecule has 0 aromatic carbocycles. The summed E-state index contributed by atoms with van der Waals surface area (Å²) in [6.45, 7) is 12.3. The van der Waals surface area contributed by atoms with Crippen LogP contribution in [0.5, 0.6) is 0 Å². The van der Waals surface area contributed by atoms with E-state index < -0.39 is 5.97 Å². The summed E-state index contributed by atoms with van der Waals surface area (Å²) in [7, 11) is 0. The zero-order chi connectivity index (χ0) is 17.9. The molecule has 3 rings (SSSR count). The summed E-state index contributed by atoms with van der Waals surface area (Å²) in [5.41, 5.74) is 0.195. The molecule has 2 fully saturated rings. The Balaban J connectivity index is 1.55. The number of hydrogen-bond donors (Lipinski definition) is 1. The summed E-state index contributed by atoms with van der Waals surface area (Å²) in [6, 6.07) is 4.15. The quantitative estimate of drug-likeness (QED) is 0.746. The summed E-state index contributed by atoms with van der Waals surface area (Å²) < 4.78 is 2.24. The van der Waals surface area contributed by atoms with Crippen molar-refractivity contribution in [3.8, 4) is 0 Å². The van der Waals surface area contributed by atoms with Crippen LogP contribution in [0.3, 0.4) is 0 Å². The zero-order valence-corrected chi connectivity index (χ0v) is 15.7. The SMILES string of the molecule is CC(C)CN1CC2CN(CCCn3cccc3)CC2(CCC(=O)O)C1.